The van der Waals surface area contributed by atoms with E-state index in [2.05, 4.69) is 15.5 Å². The van der Waals surface area contributed by atoms with Gasteiger partial charge >= 0.3 is 11.8 Å². The Labute approximate surface area is 146 Å². The van der Waals surface area contributed by atoms with Crippen LogP contribution < -0.4 is 15.5 Å². The summed E-state index contributed by atoms with van der Waals surface area (Å²) in [5.41, 5.74) is 3.19. The Bertz CT molecular complexity index is 753. The second kappa shape index (κ2) is 7.81. The van der Waals surface area contributed by atoms with Crippen molar-refractivity contribution in [2.45, 2.75) is 6.92 Å². The van der Waals surface area contributed by atoms with E-state index in [1.54, 1.807) is 18.2 Å². The van der Waals surface area contributed by atoms with E-state index in [-0.39, 0.29) is 0 Å². The number of aryl methyl sites for hydroxylation is 1. The number of anilines is 3. The van der Waals surface area contributed by atoms with Crippen molar-refractivity contribution >= 4 is 28.9 Å². The van der Waals surface area contributed by atoms with Crippen LogP contribution in [0.5, 0.6) is 0 Å². The van der Waals surface area contributed by atoms with Crippen molar-refractivity contribution in [1.29, 1.82) is 0 Å². The predicted molar refractivity (Wildman–Crippen MR) is 97.9 cm³/mol. The van der Waals surface area contributed by atoms with E-state index in [1.165, 1.54) is 0 Å². The summed E-state index contributed by atoms with van der Waals surface area (Å²) in [5.74, 6) is -1.39. The Hall–Kier alpha value is -2.86. The van der Waals surface area contributed by atoms with E-state index < -0.39 is 11.8 Å². The summed E-state index contributed by atoms with van der Waals surface area (Å²) in [4.78, 5) is 26.5. The molecular formula is C19H21N3O3. The van der Waals surface area contributed by atoms with Gasteiger partial charge in [-0.05, 0) is 31.2 Å². The van der Waals surface area contributed by atoms with Gasteiger partial charge in [0.2, 0.25) is 0 Å². The van der Waals surface area contributed by atoms with Crippen LogP contribution in [0.15, 0.2) is 48.5 Å². The topological polar surface area (TPSA) is 70.7 Å². The molecule has 1 fully saturated rings. The largest absolute Gasteiger partial charge is 0.378 e. The first kappa shape index (κ1) is 17.0. The molecule has 1 aliphatic heterocycles. The molecule has 3 rings (SSSR count). The number of benzene rings is 2. The zero-order valence-corrected chi connectivity index (χ0v) is 14.1. The molecule has 0 unspecified atom stereocenters. The van der Waals surface area contributed by atoms with Crippen LogP contribution in [-0.4, -0.2) is 38.1 Å². The number of carbonyl (C=O) groups excluding carboxylic acids is 2. The van der Waals surface area contributed by atoms with Crippen molar-refractivity contribution in [3.8, 4) is 0 Å². The molecule has 2 aromatic rings. The second-order valence-corrected chi connectivity index (χ2v) is 5.89. The normalized spacial score (nSPS) is 14.0. The first-order valence-electron chi connectivity index (χ1n) is 8.24. The molecule has 1 heterocycles. The molecule has 1 aliphatic rings. The van der Waals surface area contributed by atoms with Crippen LogP contribution in [-0.2, 0) is 14.3 Å². The lowest BCUT2D eigenvalue weighted by Crippen LogP contribution is -2.37. The lowest BCUT2D eigenvalue weighted by atomic mass is 10.2. The number of ether oxygens (including phenoxy) is 1. The Morgan fingerprint density at radius 1 is 0.920 bits per heavy atom. The van der Waals surface area contributed by atoms with Gasteiger partial charge in [-0.1, -0.05) is 29.8 Å². The Kier molecular flexibility index (Phi) is 5.30. The number of hydrogen-bond acceptors (Lipinski definition) is 4. The molecular weight excluding hydrogens is 318 g/mol. The van der Waals surface area contributed by atoms with Crippen LogP contribution in [0.4, 0.5) is 17.1 Å². The smallest absolute Gasteiger partial charge is 0.314 e. The maximum atomic E-state index is 12.3. The van der Waals surface area contributed by atoms with Crippen molar-refractivity contribution in [1.82, 2.24) is 0 Å². The highest BCUT2D eigenvalue weighted by atomic mass is 16.5. The third-order valence-corrected chi connectivity index (χ3v) is 4.02. The van der Waals surface area contributed by atoms with E-state index in [0.29, 0.717) is 24.6 Å². The van der Waals surface area contributed by atoms with Gasteiger partial charge in [-0.2, -0.15) is 0 Å². The minimum Gasteiger partial charge on any atom is -0.378 e. The number of hydrogen-bond donors (Lipinski definition) is 2. The molecule has 130 valence electrons. The van der Waals surface area contributed by atoms with Crippen molar-refractivity contribution in [3.63, 3.8) is 0 Å². The molecule has 1 saturated heterocycles. The summed E-state index contributed by atoms with van der Waals surface area (Å²) in [6.45, 7) is 4.76. The van der Waals surface area contributed by atoms with Gasteiger partial charge in [-0.25, -0.2) is 0 Å². The van der Waals surface area contributed by atoms with Gasteiger partial charge in [0.15, 0.2) is 0 Å². The van der Waals surface area contributed by atoms with E-state index in [1.807, 2.05) is 37.3 Å². The van der Waals surface area contributed by atoms with Crippen molar-refractivity contribution < 1.29 is 14.3 Å². The minimum atomic E-state index is -0.694. The average Bonchev–Trinajstić information content (AvgIpc) is 2.64. The summed E-state index contributed by atoms with van der Waals surface area (Å²) < 4.78 is 5.36. The fourth-order valence-electron chi connectivity index (χ4n) is 2.66. The Morgan fingerprint density at radius 2 is 1.56 bits per heavy atom. The minimum absolute atomic E-state index is 0.590. The van der Waals surface area contributed by atoms with E-state index in [4.69, 9.17) is 4.74 Å². The lowest BCUT2D eigenvalue weighted by molar-refractivity contribution is -0.132. The number of morpholine rings is 1. The van der Waals surface area contributed by atoms with Crippen LogP contribution in [0, 0.1) is 6.92 Å². The zero-order valence-electron chi connectivity index (χ0n) is 14.1. The monoisotopic (exact) mass is 339 g/mol. The molecule has 0 aromatic heterocycles. The highest BCUT2D eigenvalue weighted by Crippen LogP contribution is 2.26. The maximum absolute atomic E-state index is 12.3. The van der Waals surface area contributed by atoms with Crippen LogP contribution in [0.1, 0.15) is 5.56 Å². The van der Waals surface area contributed by atoms with Crippen molar-refractivity contribution in [2.75, 3.05) is 41.8 Å². The third-order valence-electron chi connectivity index (χ3n) is 4.02. The van der Waals surface area contributed by atoms with Gasteiger partial charge < -0.3 is 20.3 Å². The molecule has 2 amide bonds. The van der Waals surface area contributed by atoms with Crippen LogP contribution in [0.3, 0.4) is 0 Å². The van der Waals surface area contributed by atoms with Gasteiger partial charge in [0, 0.05) is 18.8 Å². The summed E-state index contributed by atoms with van der Waals surface area (Å²) in [6.07, 6.45) is 0. The highest BCUT2D eigenvalue weighted by Gasteiger charge is 2.19. The zero-order chi connectivity index (χ0) is 17.6. The SMILES string of the molecule is Cc1ccc(NC(=O)C(=O)Nc2ccccc2N2CCOCC2)cc1. The summed E-state index contributed by atoms with van der Waals surface area (Å²) in [7, 11) is 0. The fraction of sp³-hybridized carbons (Fsp3) is 0.263. The third kappa shape index (κ3) is 4.36. The molecule has 0 aliphatic carbocycles. The number of nitrogens with zero attached hydrogens (tertiary/aromatic N) is 1. The molecule has 0 spiro atoms. The van der Waals surface area contributed by atoms with Crippen LogP contribution in [0.25, 0.3) is 0 Å². The molecule has 0 radical (unpaired) electrons. The first-order valence-corrected chi connectivity index (χ1v) is 8.24. The second-order valence-electron chi connectivity index (χ2n) is 5.89. The van der Waals surface area contributed by atoms with E-state index in [0.717, 1.165) is 24.3 Å². The fourth-order valence-corrected chi connectivity index (χ4v) is 2.66. The predicted octanol–water partition coefficient (Wildman–Crippen LogP) is 2.41. The van der Waals surface area contributed by atoms with E-state index in [9.17, 15) is 9.59 Å². The molecule has 0 saturated carbocycles. The van der Waals surface area contributed by atoms with E-state index >= 15 is 0 Å². The molecule has 2 N–H and O–H groups in total. The average molecular weight is 339 g/mol. The highest BCUT2D eigenvalue weighted by molar-refractivity contribution is 6.43. The first-order chi connectivity index (χ1) is 12.1. The molecule has 0 atom stereocenters. The number of amides is 2. The number of para-hydroxylation sites is 2. The van der Waals surface area contributed by atoms with Crippen LogP contribution in [0.2, 0.25) is 0 Å². The van der Waals surface area contributed by atoms with Crippen molar-refractivity contribution in [2.24, 2.45) is 0 Å². The summed E-state index contributed by atoms with van der Waals surface area (Å²) in [6, 6.07) is 14.7. The number of nitrogens with one attached hydrogen (secondary N) is 2. The van der Waals surface area contributed by atoms with Gasteiger partial charge in [0.05, 0.1) is 24.6 Å². The van der Waals surface area contributed by atoms with Gasteiger partial charge in [-0.15, -0.1) is 0 Å². The number of carbonyl (C=O) groups is 2. The van der Waals surface area contributed by atoms with Gasteiger partial charge in [0.1, 0.15) is 0 Å². The Morgan fingerprint density at radius 3 is 2.28 bits per heavy atom. The maximum Gasteiger partial charge on any atom is 0.314 e. The summed E-state index contributed by atoms with van der Waals surface area (Å²) >= 11 is 0. The molecule has 0 bridgehead atoms. The standard InChI is InChI=1S/C19H21N3O3/c1-14-6-8-15(9-7-14)20-18(23)19(24)21-16-4-2-3-5-17(16)22-10-12-25-13-11-22/h2-9H,10-13H2,1H3,(H,20,23)(H,21,24). The lowest BCUT2D eigenvalue weighted by Gasteiger charge is -2.30. The van der Waals surface area contributed by atoms with Crippen molar-refractivity contribution in [3.05, 3.63) is 54.1 Å². The summed E-state index contributed by atoms with van der Waals surface area (Å²) in [5, 5.41) is 5.31. The Balaban J connectivity index is 1.68. The quantitative estimate of drug-likeness (QED) is 0.843. The molecule has 6 heteroatoms. The molecule has 6 nitrogen and oxygen atoms in total. The van der Waals surface area contributed by atoms with Crippen LogP contribution >= 0.6 is 0 Å². The molecule has 25 heavy (non-hydrogen) atoms. The molecule has 2 aromatic carbocycles. The van der Waals surface area contributed by atoms with Gasteiger partial charge in [-0.3, -0.25) is 9.59 Å². The van der Waals surface area contributed by atoms with Gasteiger partial charge in [0.25, 0.3) is 0 Å². The number of rotatable bonds is 3.